The summed E-state index contributed by atoms with van der Waals surface area (Å²) in [7, 11) is 0. The van der Waals surface area contributed by atoms with Gasteiger partial charge in [-0.25, -0.2) is 4.68 Å². The summed E-state index contributed by atoms with van der Waals surface area (Å²) in [5, 5.41) is 8.19. The standard InChI is InChI=1S/C11H13IN4/c1-2-9(13)10-7-16(15-14-10)11-6-4-3-5-8(11)12/h3-7,9H,2,13H2,1H3. The Hall–Kier alpha value is -0.950. The van der Waals surface area contributed by atoms with Gasteiger partial charge in [0.15, 0.2) is 0 Å². The predicted octanol–water partition coefficient (Wildman–Crippen LogP) is 2.28. The van der Waals surface area contributed by atoms with Crippen LogP contribution in [-0.2, 0) is 0 Å². The lowest BCUT2D eigenvalue weighted by atomic mass is 10.2. The van der Waals surface area contributed by atoms with Gasteiger partial charge >= 0.3 is 0 Å². The summed E-state index contributed by atoms with van der Waals surface area (Å²) in [6, 6.07) is 8.00. The van der Waals surface area contributed by atoms with Crippen LogP contribution < -0.4 is 5.73 Å². The number of aromatic nitrogens is 3. The number of nitrogens with zero attached hydrogens (tertiary/aromatic N) is 3. The van der Waals surface area contributed by atoms with Crippen LogP contribution in [0.4, 0.5) is 0 Å². The van der Waals surface area contributed by atoms with Crippen LogP contribution in [-0.4, -0.2) is 15.0 Å². The molecule has 1 heterocycles. The summed E-state index contributed by atoms with van der Waals surface area (Å²) >= 11 is 2.28. The number of rotatable bonds is 3. The minimum Gasteiger partial charge on any atom is -0.323 e. The van der Waals surface area contributed by atoms with Gasteiger partial charge in [0.25, 0.3) is 0 Å². The number of nitrogens with two attached hydrogens (primary N) is 1. The molecule has 2 aromatic rings. The smallest absolute Gasteiger partial charge is 0.0998 e. The lowest BCUT2D eigenvalue weighted by Gasteiger charge is -2.03. The van der Waals surface area contributed by atoms with Crippen LogP contribution >= 0.6 is 22.6 Å². The maximum atomic E-state index is 5.91. The van der Waals surface area contributed by atoms with Gasteiger partial charge in [-0.15, -0.1) is 5.10 Å². The fourth-order valence-electron chi connectivity index (χ4n) is 1.41. The highest BCUT2D eigenvalue weighted by Gasteiger charge is 2.10. The van der Waals surface area contributed by atoms with E-state index in [9.17, 15) is 0 Å². The van der Waals surface area contributed by atoms with Crippen LogP contribution in [0.3, 0.4) is 0 Å². The number of hydrogen-bond donors (Lipinski definition) is 1. The molecule has 16 heavy (non-hydrogen) atoms. The summed E-state index contributed by atoms with van der Waals surface area (Å²) in [4.78, 5) is 0. The number of benzene rings is 1. The summed E-state index contributed by atoms with van der Waals surface area (Å²) in [6.07, 6.45) is 2.76. The van der Waals surface area contributed by atoms with Crippen molar-refractivity contribution in [3.8, 4) is 5.69 Å². The van der Waals surface area contributed by atoms with Gasteiger partial charge in [0.1, 0.15) is 0 Å². The molecule has 1 unspecified atom stereocenters. The summed E-state index contributed by atoms with van der Waals surface area (Å²) in [5.41, 5.74) is 7.77. The van der Waals surface area contributed by atoms with Gasteiger partial charge in [-0.2, -0.15) is 0 Å². The molecule has 2 rings (SSSR count). The second-order valence-electron chi connectivity index (χ2n) is 3.55. The van der Waals surface area contributed by atoms with Crippen LogP contribution in [0, 0.1) is 3.57 Å². The van der Waals surface area contributed by atoms with Gasteiger partial charge in [0, 0.05) is 3.57 Å². The van der Waals surface area contributed by atoms with Crippen LogP contribution in [0.5, 0.6) is 0 Å². The molecule has 1 atom stereocenters. The Kier molecular flexibility index (Phi) is 3.55. The molecule has 0 saturated heterocycles. The molecule has 0 spiro atoms. The molecule has 0 aliphatic heterocycles. The third-order valence-electron chi connectivity index (χ3n) is 2.43. The Bertz CT molecular complexity index is 480. The highest BCUT2D eigenvalue weighted by molar-refractivity contribution is 14.1. The average Bonchev–Trinajstić information content (AvgIpc) is 2.78. The van der Waals surface area contributed by atoms with E-state index in [2.05, 4.69) is 32.9 Å². The topological polar surface area (TPSA) is 56.7 Å². The Morgan fingerprint density at radius 1 is 1.44 bits per heavy atom. The van der Waals surface area contributed by atoms with Gasteiger partial charge in [0.05, 0.1) is 23.6 Å². The first-order valence-corrected chi connectivity index (χ1v) is 6.23. The molecule has 0 amide bonds. The monoisotopic (exact) mass is 328 g/mol. The molecule has 0 aliphatic carbocycles. The molecule has 0 radical (unpaired) electrons. The Morgan fingerprint density at radius 2 is 2.19 bits per heavy atom. The molecule has 1 aromatic carbocycles. The third kappa shape index (κ3) is 2.25. The zero-order valence-electron chi connectivity index (χ0n) is 8.97. The Labute approximate surface area is 108 Å². The second kappa shape index (κ2) is 4.92. The average molecular weight is 328 g/mol. The van der Waals surface area contributed by atoms with Gasteiger partial charge in [-0.3, -0.25) is 0 Å². The quantitative estimate of drug-likeness (QED) is 0.880. The minimum absolute atomic E-state index is 0.0323. The van der Waals surface area contributed by atoms with Crippen molar-refractivity contribution in [1.29, 1.82) is 0 Å². The van der Waals surface area contributed by atoms with Crippen molar-refractivity contribution in [2.45, 2.75) is 19.4 Å². The lowest BCUT2D eigenvalue weighted by Crippen LogP contribution is -2.08. The van der Waals surface area contributed by atoms with Crippen molar-refractivity contribution >= 4 is 22.6 Å². The van der Waals surface area contributed by atoms with Crippen molar-refractivity contribution in [2.75, 3.05) is 0 Å². The van der Waals surface area contributed by atoms with E-state index in [0.717, 1.165) is 21.4 Å². The molecule has 0 fully saturated rings. The van der Waals surface area contributed by atoms with Gasteiger partial charge < -0.3 is 5.73 Å². The van der Waals surface area contributed by atoms with Crippen LogP contribution in [0.15, 0.2) is 30.5 Å². The van der Waals surface area contributed by atoms with E-state index >= 15 is 0 Å². The van der Waals surface area contributed by atoms with E-state index < -0.39 is 0 Å². The van der Waals surface area contributed by atoms with E-state index in [4.69, 9.17) is 5.73 Å². The summed E-state index contributed by atoms with van der Waals surface area (Å²) in [6.45, 7) is 2.04. The highest BCUT2D eigenvalue weighted by Crippen LogP contribution is 2.17. The highest BCUT2D eigenvalue weighted by atomic mass is 127. The van der Waals surface area contributed by atoms with Crippen molar-refractivity contribution in [1.82, 2.24) is 15.0 Å². The first-order chi connectivity index (χ1) is 7.72. The van der Waals surface area contributed by atoms with Crippen molar-refractivity contribution < 1.29 is 0 Å². The third-order valence-corrected chi connectivity index (χ3v) is 3.34. The molecule has 5 heteroatoms. The van der Waals surface area contributed by atoms with Crippen molar-refractivity contribution in [3.63, 3.8) is 0 Å². The lowest BCUT2D eigenvalue weighted by molar-refractivity contribution is 0.670. The first-order valence-electron chi connectivity index (χ1n) is 5.15. The second-order valence-corrected chi connectivity index (χ2v) is 4.72. The molecular weight excluding hydrogens is 315 g/mol. The van der Waals surface area contributed by atoms with E-state index in [-0.39, 0.29) is 6.04 Å². The van der Waals surface area contributed by atoms with Crippen LogP contribution in [0.25, 0.3) is 5.69 Å². The van der Waals surface area contributed by atoms with E-state index in [1.165, 1.54) is 0 Å². The van der Waals surface area contributed by atoms with Gasteiger partial charge in [0.2, 0.25) is 0 Å². The fourth-order valence-corrected chi connectivity index (χ4v) is 2.05. The minimum atomic E-state index is -0.0323. The SMILES string of the molecule is CCC(N)c1cn(-c2ccccc2I)nn1. The molecule has 0 bridgehead atoms. The molecule has 4 nitrogen and oxygen atoms in total. The fraction of sp³-hybridized carbons (Fsp3) is 0.273. The summed E-state index contributed by atoms with van der Waals surface area (Å²) in [5.74, 6) is 0. The van der Waals surface area contributed by atoms with Crippen LogP contribution in [0.2, 0.25) is 0 Å². The maximum absolute atomic E-state index is 5.91. The van der Waals surface area contributed by atoms with E-state index in [0.29, 0.717) is 0 Å². The van der Waals surface area contributed by atoms with Crippen LogP contribution in [0.1, 0.15) is 25.1 Å². The van der Waals surface area contributed by atoms with Crippen molar-refractivity contribution in [3.05, 3.63) is 39.7 Å². The largest absolute Gasteiger partial charge is 0.323 e. The molecular formula is C11H13IN4. The Balaban J connectivity index is 2.35. The zero-order chi connectivity index (χ0) is 11.5. The summed E-state index contributed by atoms with van der Waals surface area (Å²) < 4.78 is 2.91. The normalized spacial score (nSPS) is 12.7. The number of hydrogen-bond acceptors (Lipinski definition) is 3. The molecule has 84 valence electrons. The number of halogens is 1. The predicted molar refractivity (Wildman–Crippen MR) is 71.3 cm³/mol. The van der Waals surface area contributed by atoms with Gasteiger partial charge in [-0.05, 0) is 41.1 Å². The number of para-hydroxylation sites is 1. The Morgan fingerprint density at radius 3 is 2.88 bits per heavy atom. The van der Waals surface area contributed by atoms with Gasteiger partial charge in [-0.1, -0.05) is 24.3 Å². The molecule has 2 N–H and O–H groups in total. The molecule has 1 aromatic heterocycles. The molecule has 0 saturated carbocycles. The molecule has 0 aliphatic rings. The van der Waals surface area contributed by atoms with E-state index in [1.54, 1.807) is 4.68 Å². The zero-order valence-corrected chi connectivity index (χ0v) is 11.1. The van der Waals surface area contributed by atoms with E-state index in [1.807, 2.05) is 37.4 Å². The first kappa shape index (κ1) is 11.5. The van der Waals surface area contributed by atoms with Crippen molar-refractivity contribution in [2.24, 2.45) is 5.73 Å². The maximum Gasteiger partial charge on any atom is 0.0998 e.